The lowest BCUT2D eigenvalue weighted by molar-refractivity contribution is -0.371. The number of hydrogen-bond donors (Lipinski definition) is 13. The molecule has 4 saturated heterocycles. The molecule has 20 atom stereocenters. The van der Waals surface area contributed by atoms with Crippen LogP contribution in [0, 0.1) is 0 Å². The smallest absolute Gasteiger partial charge is 0.335 e. The van der Waals surface area contributed by atoms with Crippen molar-refractivity contribution in [2.24, 2.45) is 0 Å². The van der Waals surface area contributed by atoms with Gasteiger partial charge in [0, 0.05) is 13.8 Å². The number of aliphatic hydroxyl groups is 10. The van der Waals surface area contributed by atoms with Gasteiger partial charge in [-0.15, -0.1) is 0 Å². The predicted molar refractivity (Wildman–Crippen MR) is 156 cm³/mol. The largest absolute Gasteiger partial charge is 0.479 e. The number of aliphatic carboxylic acids is 1. The number of ether oxygens (including phenoxy) is 7. The molecular formula is C28H46N2O21. The minimum atomic E-state index is -2.06. The van der Waals surface area contributed by atoms with Gasteiger partial charge in [-0.25, -0.2) is 4.79 Å². The number of carbonyl (C=O) groups is 3. The van der Waals surface area contributed by atoms with E-state index in [-0.39, 0.29) is 0 Å². The van der Waals surface area contributed by atoms with E-state index < -0.39 is 154 Å². The highest BCUT2D eigenvalue weighted by atomic mass is 16.8. The lowest BCUT2D eigenvalue weighted by Gasteiger charge is -2.48. The average molecular weight is 747 g/mol. The van der Waals surface area contributed by atoms with Gasteiger partial charge in [0.2, 0.25) is 11.8 Å². The molecule has 1 unspecified atom stereocenters. The van der Waals surface area contributed by atoms with E-state index in [1.807, 2.05) is 0 Å². The monoisotopic (exact) mass is 746 g/mol. The van der Waals surface area contributed by atoms with E-state index in [0.717, 1.165) is 13.8 Å². The first kappa shape index (κ1) is 41.5. The summed E-state index contributed by atoms with van der Waals surface area (Å²) in [5, 5.41) is 119. The molecule has 23 heteroatoms. The van der Waals surface area contributed by atoms with Gasteiger partial charge in [0.1, 0.15) is 85.3 Å². The van der Waals surface area contributed by atoms with E-state index in [1.54, 1.807) is 0 Å². The van der Waals surface area contributed by atoms with E-state index in [2.05, 4.69) is 10.6 Å². The van der Waals surface area contributed by atoms with Gasteiger partial charge in [-0.1, -0.05) is 0 Å². The summed E-state index contributed by atoms with van der Waals surface area (Å²) in [5.74, 6) is -3.03. The summed E-state index contributed by atoms with van der Waals surface area (Å²) in [6, 6.07) is -2.86. The molecule has 0 saturated carbocycles. The number of carbonyl (C=O) groups excluding carboxylic acids is 2. The highest BCUT2D eigenvalue weighted by Gasteiger charge is 2.54. The Labute approximate surface area is 289 Å². The van der Waals surface area contributed by atoms with Crippen molar-refractivity contribution >= 4 is 17.8 Å². The van der Waals surface area contributed by atoms with Gasteiger partial charge < -0.3 is 100.0 Å². The van der Waals surface area contributed by atoms with Crippen molar-refractivity contribution in [1.29, 1.82) is 0 Å². The van der Waals surface area contributed by atoms with Crippen LogP contribution in [-0.2, 0) is 47.5 Å². The summed E-state index contributed by atoms with van der Waals surface area (Å²) >= 11 is 0. The molecule has 4 aliphatic heterocycles. The first-order valence-corrected chi connectivity index (χ1v) is 15.9. The number of carboxylic acid groups (broad SMARTS) is 1. The second-order valence-electron chi connectivity index (χ2n) is 12.7. The van der Waals surface area contributed by atoms with Gasteiger partial charge in [-0.2, -0.15) is 0 Å². The number of hydrogen-bond acceptors (Lipinski definition) is 20. The molecule has 51 heavy (non-hydrogen) atoms. The predicted octanol–water partition coefficient (Wildman–Crippen LogP) is -8.34. The average Bonchev–Trinajstić information content (AvgIpc) is 3.06. The van der Waals surface area contributed by atoms with Crippen molar-refractivity contribution in [3.8, 4) is 0 Å². The van der Waals surface area contributed by atoms with E-state index in [1.165, 1.54) is 6.92 Å². The Morgan fingerprint density at radius 3 is 1.78 bits per heavy atom. The fraction of sp³-hybridized carbons (Fsp3) is 0.893. The van der Waals surface area contributed by atoms with Gasteiger partial charge in [-0.05, 0) is 6.92 Å². The van der Waals surface area contributed by atoms with Crippen LogP contribution in [0.25, 0.3) is 0 Å². The molecule has 4 rings (SSSR count). The summed E-state index contributed by atoms with van der Waals surface area (Å²) in [7, 11) is 0. The Morgan fingerprint density at radius 2 is 1.20 bits per heavy atom. The first-order chi connectivity index (χ1) is 23.9. The van der Waals surface area contributed by atoms with E-state index >= 15 is 0 Å². The fourth-order valence-corrected chi connectivity index (χ4v) is 6.17. The third kappa shape index (κ3) is 9.10. The standard InChI is InChI=1S/C28H46N2O21/c1-6-13(34)22(50-27-19(40)17(38)18(39)23(51-27)24(42)43)20(41)28(46-6)49-21-9(4-31)48-26(12(16(21)37)30-8(3)33)45-5-10-14(35)15(36)11(25(44)47-10)29-7(2)32/h6,9-23,25-28,31,34-41,44H,4-5H2,1-3H3,(H,29,32)(H,30,33)(H,42,43)/t6-,9+,10+,11+,12+,13-,14-,15+,16+,17-,18-,19+,20+,21+,22+,23-,25?,26-,27+,28-/m0/s1. The molecule has 4 heterocycles. The summed E-state index contributed by atoms with van der Waals surface area (Å²) in [5.41, 5.74) is 0. The highest BCUT2D eigenvalue weighted by molar-refractivity contribution is 5.74. The molecule has 2 amide bonds. The van der Waals surface area contributed by atoms with Crippen LogP contribution in [0.2, 0.25) is 0 Å². The molecule has 0 aromatic heterocycles. The number of amides is 2. The van der Waals surface area contributed by atoms with Crippen LogP contribution in [0.4, 0.5) is 0 Å². The summed E-state index contributed by atoms with van der Waals surface area (Å²) in [6.45, 7) is 2.03. The maximum absolute atomic E-state index is 12.1. The maximum atomic E-state index is 12.1. The van der Waals surface area contributed by atoms with Crippen LogP contribution in [0.1, 0.15) is 20.8 Å². The van der Waals surface area contributed by atoms with Gasteiger partial charge in [0.15, 0.2) is 31.3 Å². The molecule has 0 bridgehead atoms. The quantitative estimate of drug-likeness (QED) is 0.0933. The maximum Gasteiger partial charge on any atom is 0.335 e. The third-order valence-electron chi connectivity index (χ3n) is 8.92. The molecule has 0 spiro atoms. The topological polar surface area (TPSA) is 362 Å². The molecule has 4 aliphatic rings. The lowest BCUT2D eigenvalue weighted by Crippen LogP contribution is -2.68. The van der Waals surface area contributed by atoms with Crippen LogP contribution in [0.3, 0.4) is 0 Å². The zero-order chi connectivity index (χ0) is 38.1. The zero-order valence-corrected chi connectivity index (χ0v) is 27.5. The van der Waals surface area contributed by atoms with Crippen LogP contribution in [0.5, 0.6) is 0 Å². The molecule has 13 N–H and O–H groups in total. The van der Waals surface area contributed by atoms with Crippen LogP contribution in [0.15, 0.2) is 0 Å². The van der Waals surface area contributed by atoms with Crippen molar-refractivity contribution in [3.05, 3.63) is 0 Å². The van der Waals surface area contributed by atoms with Crippen LogP contribution in [-0.4, -0.2) is 210 Å². The number of aliphatic hydroxyl groups excluding tert-OH is 10. The molecule has 294 valence electrons. The van der Waals surface area contributed by atoms with Crippen molar-refractivity contribution in [2.75, 3.05) is 13.2 Å². The first-order valence-electron chi connectivity index (χ1n) is 15.9. The molecule has 0 aromatic rings. The van der Waals surface area contributed by atoms with Gasteiger partial charge in [-0.3, -0.25) is 9.59 Å². The second kappa shape index (κ2) is 17.3. The Morgan fingerprint density at radius 1 is 0.608 bits per heavy atom. The Kier molecular flexibility index (Phi) is 14.0. The van der Waals surface area contributed by atoms with E-state index in [0.29, 0.717) is 0 Å². The highest BCUT2D eigenvalue weighted by Crippen LogP contribution is 2.33. The Balaban J connectivity index is 1.48. The third-order valence-corrected chi connectivity index (χ3v) is 8.92. The normalized spacial score (nSPS) is 47.7. The van der Waals surface area contributed by atoms with Gasteiger partial charge >= 0.3 is 5.97 Å². The second-order valence-corrected chi connectivity index (χ2v) is 12.7. The Bertz CT molecular complexity index is 1200. The SMILES string of the molecule is CC(=O)N[C@H]1[C@@H](OC[C@H]2OC(O)[C@H](NC(C)=O)[C@@H](O)[C@H]2O)O[C@H](CO)[C@@H](O[C@@H]2O[C@@H](C)[C@H](O)[C@@H](O[C@@H]3O[C@H](C(=O)O)[C@@H](O)[C@H](O)[C@H]3O)[C@H]2O)[C@@H]1O. The van der Waals surface area contributed by atoms with Gasteiger partial charge in [0.05, 0.1) is 19.3 Å². The van der Waals surface area contributed by atoms with Crippen molar-refractivity contribution in [1.82, 2.24) is 10.6 Å². The fourth-order valence-electron chi connectivity index (χ4n) is 6.17. The minimum absolute atomic E-state index is 0.621. The molecule has 0 aliphatic carbocycles. The Hall–Kier alpha value is -2.27. The molecule has 0 radical (unpaired) electrons. The molecule has 4 fully saturated rings. The molecule has 0 aromatic carbocycles. The lowest BCUT2D eigenvalue weighted by atomic mass is 9.95. The molecular weight excluding hydrogens is 700 g/mol. The summed E-state index contributed by atoms with van der Waals surface area (Å²) < 4.78 is 38.6. The molecule has 23 nitrogen and oxygen atoms in total. The zero-order valence-electron chi connectivity index (χ0n) is 27.5. The summed E-state index contributed by atoms with van der Waals surface area (Å²) in [6.07, 6.45) is -31.8. The van der Waals surface area contributed by atoms with Crippen molar-refractivity contribution in [2.45, 2.75) is 143 Å². The van der Waals surface area contributed by atoms with Crippen molar-refractivity contribution in [3.63, 3.8) is 0 Å². The van der Waals surface area contributed by atoms with Crippen LogP contribution < -0.4 is 10.6 Å². The summed E-state index contributed by atoms with van der Waals surface area (Å²) in [4.78, 5) is 35.0. The van der Waals surface area contributed by atoms with Crippen molar-refractivity contribution < 1.29 is 104 Å². The van der Waals surface area contributed by atoms with E-state index in [4.69, 9.17) is 33.2 Å². The number of nitrogens with one attached hydrogen (secondary N) is 2. The van der Waals surface area contributed by atoms with Crippen LogP contribution >= 0.6 is 0 Å². The number of rotatable bonds is 11. The van der Waals surface area contributed by atoms with Gasteiger partial charge in [0.25, 0.3) is 0 Å². The minimum Gasteiger partial charge on any atom is -0.479 e. The van der Waals surface area contributed by atoms with E-state index in [9.17, 15) is 70.6 Å². The number of carboxylic acids is 1.